The molecule has 0 saturated carbocycles. The molecule has 2 heterocycles. The van der Waals surface area contributed by atoms with Gasteiger partial charge in [-0.1, -0.05) is 12.1 Å². The number of imidazole rings is 1. The van der Waals surface area contributed by atoms with Crippen molar-refractivity contribution in [3.05, 3.63) is 94.1 Å². The smallest absolute Gasteiger partial charge is 0.295 e. The van der Waals surface area contributed by atoms with Crippen LogP contribution in [0.15, 0.2) is 72.8 Å². The standard InChI is InChI=1S/C24H22N4O6/c1-34-19-5-2-4-17(14-19)22(29)20-21(16-6-8-18(9-7-16)28(32)33)27(24(31)23(20)30)12-3-11-26-13-10-25-15-26/h2,4-10,13-15,21,29H,3,11-12H2,1H3/b22-20+/t21-/m0/s1. The van der Waals surface area contributed by atoms with Crippen LogP contribution in [0.4, 0.5) is 5.69 Å². The highest BCUT2D eigenvalue weighted by Gasteiger charge is 2.45. The Hall–Kier alpha value is -4.47. The number of carbonyl (C=O) groups is 2. The van der Waals surface area contributed by atoms with Gasteiger partial charge in [0.15, 0.2) is 0 Å². The van der Waals surface area contributed by atoms with E-state index in [1.807, 2.05) is 4.57 Å². The molecule has 1 N–H and O–H groups in total. The zero-order valence-electron chi connectivity index (χ0n) is 18.3. The lowest BCUT2D eigenvalue weighted by atomic mass is 9.95. The van der Waals surface area contributed by atoms with Gasteiger partial charge in [0.2, 0.25) is 0 Å². The summed E-state index contributed by atoms with van der Waals surface area (Å²) in [5.41, 5.74) is 0.614. The SMILES string of the molecule is COc1cccc(/C(O)=C2\C(=O)C(=O)N(CCCn3ccnc3)[C@H]2c2ccc([N+](=O)[O-])cc2)c1. The number of likely N-dealkylation sites (tertiary alicyclic amines) is 1. The van der Waals surface area contributed by atoms with Gasteiger partial charge in [-0.3, -0.25) is 19.7 Å². The first kappa shape index (κ1) is 22.7. The van der Waals surface area contributed by atoms with Gasteiger partial charge in [-0.2, -0.15) is 0 Å². The van der Waals surface area contributed by atoms with Crippen molar-refractivity contribution in [1.29, 1.82) is 0 Å². The topological polar surface area (TPSA) is 128 Å². The van der Waals surface area contributed by atoms with Crippen molar-refractivity contribution in [2.24, 2.45) is 0 Å². The Balaban J connectivity index is 1.75. The van der Waals surface area contributed by atoms with Crippen LogP contribution < -0.4 is 4.74 Å². The molecular weight excluding hydrogens is 440 g/mol. The monoisotopic (exact) mass is 462 g/mol. The molecule has 4 rings (SSSR count). The highest BCUT2D eigenvalue weighted by atomic mass is 16.6. The molecule has 0 unspecified atom stereocenters. The summed E-state index contributed by atoms with van der Waals surface area (Å²) in [6.45, 7) is 0.811. The van der Waals surface area contributed by atoms with Crippen molar-refractivity contribution in [1.82, 2.24) is 14.5 Å². The van der Waals surface area contributed by atoms with E-state index in [1.165, 1.54) is 36.3 Å². The highest BCUT2D eigenvalue weighted by molar-refractivity contribution is 6.46. The Morgan fingerprint density at radius 1 is 1.18 bits per heavy atom. The fourth-order valence-corrected chi connectivity index (χ4v) is 4.00. The molecule has 3 aromatic rings. The average Bonchev–Trinajstić information content (AvgIpc) is 3.46. The van der Waals surface area contributed by atoms with E-state index in [0.29, 0.717) is 29.8 Å². The molecule has 1 saturated heterocycles. The van der Waals surface area contributed by atoms with Gasteiger partial charge >= 0.3 is 0 Å². The van der Waals surface area contributed by atoms with Gasteiger partial charge in [-0.15, -0.1) is 0 Å². The average molecular weight is 462 g/mol. The Bertz CT molecular complexity index is 1250. The maximum absolute atomic E-state index is 13.1. The van der Waals surface area contributed by atoms with Gasteiger partial charge in [0.05, 0.1) is 30.0 Å². The van der Waals surface area contributed by atoms with E-state index in [-0.39, 0.29) is 23.6 Å². The molecular formula is C24H22N4O6. The first-order valence-electron chi connectivity index (χ1n) is 10.5. The first-order valence-corrected chi connectivity index (χ1v) is 10.5. The number of aliphatic hydroxyl groups excluding tert-OH is 1. The Kier molecular flexibility index (Phi) is 6.39. The highest BCUT2D eigenvalue weighted by Crippen LogP contribution is 2.40. The van der Waals surface area contributed by atoms with E-state index < -0.39 is 22.7 Å². The molecule has 174 valence electrons. The van der Waals surface area contributed by atoms with Crippen molar-refractivity contribution in [3.8, 4) is 5.75 Å². The molecule has 1 amide bonds. The van der Waals surface area contributed by atoms with Crippen LogP contribution in [0.1, 0.15) is 23.6 Å². The fourth-order valence-electron chi connectivity index (χ4n) is 4.00. The quantitative estimate of drug-likeness (QED) is 0.179. The van der Waals surface area contributed by atoms with E-state index in [1.54, 1.807) is 43.0 Å². The normalized spacial score (nSPS) is 17.2. The number of amides is 1. The summed E-state index contributed by atoms with van der Waals surface area (Å²) in [5.74, 6) is -1.41. The minimum atomic E-state index is -0.894. The van der Waals surface area contributed by atoms with Crippen molar-refractivity contribution < 1.29 is 24.4 Å². The molecule has 10 heteroatoms. The van der Waals surface area contributed by atoms with Gasteiger partial charge in [-0.25, -0.2) is 4.98 Å². The number of Topliss-reactive ketones (excluding diaryl/α,β-unsaturated/α-hetero) is 1. The van der Waals surface area contributed by atoms with E-state index in [0.717, 1.165) is 0 Å². The Morgan fingerprint density at radius 3 is 2.59 bits per heavy atom. The number of ether oxygens (including phenoxy) is 1. The Morgan fingerprint density at radius 2 is 1.94 bits per heavy atom. The summed E-state index contributed by atoms with van der Waals surface area (Å²) in [5, 5.41) is 22.2. The largest absolute Gasteiger partial charge is 0.507 e. The molecule has 1 fully saturated rings. The zero-order chi connectivity index (χ0) is 24.2. The predicted octanol–water partition coefficient (Wildman–Crippen LogP) is 3.31. The number of benzene rings is 2. The molecule has 0 radical (unpaired) electrons. The number of ketones is 1. The van der Waals surface area contributed by atoms with E-state index in [4.69, 9.17) is 4.74 Å². The number of aryl methyl sites for hydroxylation is 1. The summed E-state index contributed by atoms with van der Waals surface area (Å²) < 4.78 is 7.06. The number of hydrogen-bond acceptors (Lipinski definition) is 7. The molecule has 2 aromatic carbocycles. The molecule has 0 spiro atoms. The van der Waals surface area contributed by atoms with Crippen molar-refractivity contribution >= 4 is 23.1 Å². The second-order valence-electron chi connectivity index (χ2n) is 7.73. The number of methoxy groups -OCH3 is 1. The maximum atomic E-state index is 13.1. The van der Waals surface area contributed by atoms with E-state index >= 15 is 0 Å². The summed E-state index contributed by atoms with van der Waals surface area (Å²) in [6, 6.07) is 11.3. The van der Waals surface area contributed by atoms with Gasteiger partial charge in [0, 0.05) is 43.2 Å². The number of aromatic nitrogens is 2. The lowest BCUT2D eigenvalue weighted by molar-refractivity contribution is -0.384. The maximum Gasteiger partial charge on any atom is 0.295 e. The number of rotatable bonds is 8. The van der Waals surface area contributed by atoms with Gasteiger partial charge in [-0.05, 0) is 36.2 Å². The number of carbonyl (C=O) groups excluding carboxylic acids is 2. The third-order valence-corrected chi connectivity index (χ3v) is 5.68. The van der Waals surface area contributed by atoms with Gasteiger partial charge < -0.3 is 19.3 Å². The molecule has 1 aromatic heterocycles. The number of aliphatic hydroxyl groups is 1. The second-order valence-corrected chi connectivity index (χ2v) is 7.73. The van der Waals surface area contributed by atoms with Crippen LogP contribution in [0.2, 0.25) is 0 Å². The fraction of sp³-hybridized carbons (Fsp3) is 0.208. The minimum absolute atomic E-state index is 0.0743. The summed E-state index contributed by atoms with van der Waals surface area (Å²) in [4.78, 5) is 42.0. The van der Waals surface area contributed by atoms with Crippen LogP contribution in [0.3, 0.4) is 0 Å². The molecule has 1 aliphatic heterocycles. The lowest BCUT2D eigenvalue weighted by Crippen LogP contribution is -2.31. The molecule has 34 heavy (non-hydrogen) atoms. The number of non-ortho nitro benzene ring substituents is 1. The zero-order valence-corrected chi connectivity index (χ0v) is 18.3. The summed E-state index contributed by atoms with van der Waals surface area (Å²) in [6.07, 6.45) is 5.64. The van der Waals surface area contributed by atoms with Crippen molar-refractivity contribution in [3.63, 3.8) is 0 Å². The molecule has 0 aliphatic carbocycles. The Labute approximate surface area is 194 Å². The van der Waals surface area contributed by atoms with Crippen LogP contribution in [-0.4, -0.2) is 49.8 Å². The molecule has 1 atom stereocenters. The molecule has 0 bridgehead atoms. The number of nitrogens with zero attached hydrogens (tertiary/aromatic N) is 4. The van der Waals surface area contributed by atoms with E-state index in [9.17, 15) is 24.8 Å². The number of hydrogen-bond donors (Lipinski definition) is 1. The third-order valence-electron chi connectivity index (χ3n) is 5.68. The molecule has 1 aliphatic rings. The van der Waals surface area contributed by atoms with Crippen LogP contribution >= 0.6 is 0 Å². The van der Waals surface area contributed by atoms with Crippen molar-refractivity contribution in [2.45, 2.75) is 19.0 Å². The number of nitro benzene ring substituents is 1. The predicted molar refractivity (Wildman–Crippen MR) is 122 cm³/mol. The van der Waals surface area contributed by atoms with Crippen LogP contribution in [0.25, 0.3) is 5.76 Å². The molecule has 10 nitrogen and oxygen atoms in total. The van der Waals surface area contributed by atoms with Gasteiger partial charge in [0.25, 0.3) is 17.4 Å². The minimum Gasteiger partial charge on any atom is -0.507 e. The summed E-state index contributed by atoms with van der Waals surface area (Å²) in [7, 11) is 1.48. The first-order chi connectivity index (χ1) is 16.4. The number of nitro groups is 1. The second kappa shape index (κ2) is 9.57. The van der Waals surface area contributed by atoms with Crippen molar-refractivity contribution in [2.75, 3.05) is 13.7 Å². The van der Waals surface area contributed by atoms with Crippen LogP contribution in [0.5, 0.6) is 5.75 Å². The lowest BCUT2D eigenvalue weighted by Gasteiger charge is -2.25. The summed E-state index contributed by atoms with van der Waals surface area (Å²) >= 11 is 0. The van der Waals surface area contributed by atoms with Gasteiger partial charge in [0.1, 0.15) is 11.5 Å². The van der Waals surface area contributed by atoms with Crippen LogP contribution in [-0.2, 0) is 16.1 Å². The van der Waals surface area contributed by atoms with Crippen LogP contribution in [0, 0.1) is 10.1 Å². The third kappa shape index (κ3) is 4.38. The van der Waals surface area contributed by atoms with E-state index in [2.05, 4.69) is 4.98 Å².